The number of rotatable bonds is 3. The van der Waals surface area contributed by atoms with Gasteiger partial charge in [0, 0.05) is 23.7 Å². The van der Waals surface area contributed by atoms with Gasteiger partial charge in [0.15, 0.2) is 0 Å². The van der Waals surface area contributed by atoms with Gasteiger partial charge in [0.2, 0.25) is 0 Å². The van der Waals surface area contributed by atoms with Gasteiger partial charge >= 0.3 is 0 Å². The number of fused-ring (bicyclic) bond motifs is 1. The number of nitriles is 1. The first-order valence-electron chi connectivity index (χ1n) is 7.53. The maximum atomic E-state index is 9.35. The Hall–Kier alpha value is -2.12. The highest BCUT2D eigenvalue weighted by atomic mass is 14.9. The molecule has 3 rings (SSSR count). The predicted octanol–water partition coefficient (Wildman–Crippen LogP) is 3.05. The highest BCUT2D eigenvalue weighted by Gasteiger charge is 2.21. The van der Waals surface area contributed by atoms with Crippen molar-refractivity contribution in [3.05, 3.63) is 36.0 Å². The highest BCUT2D eigenvalue weighted by molar-refractivity contribution is 5.93. The summed E-state index contributed by atoms with van der Waals surface area (Å²) in [6.45, 7) is 0. The second kappa shape index (κ2) is 6.11. The number of hydrogen-bond donors (Lipinski definition) is 2. The van der Waals surface area contributed by atoms with Gasteiger partial charge in [0.05, 0.1) is 16.8 Å². The number of hydrogen-bond acceptors (Lipinski definition) is 4. The minimum atomic E-state index is 0.438. The molecule has 1 aromatic heterocycles. The van der Waals surface area contributed by atoms with Crippen molar-refractivity contribution in [3.8, 4) is 6.07 Å². The van der Waals surface area contributed by atoms with Crippen LogP contribution in [0.15, 0.2) is 30.5 Å². The topological polar surface area (TPSA) is 60.7 Å². The molecule has 4 nitrogen and oxygen atoms in total. The van der Waals surface area contributed by atoms with Crippen LogP contribution in [-0.2, 0) is 0 Å². The fraction of sp³-hybridized carbons (Fsp3) is 0.412. The molecule has 2 N–H and O–H groups in total. The molecule has 0 bridgehead atoms. The number of benzene rings is 1. The monoisotopic (exact) mass is 280 g/mol. The van der Waals surface area contributed by atoms with E-state index in [4.69, 9.17) is 0 Å². The molecule has 2 aromatic rings. The van der Waals surface area contributed by atoms with Crippen molar-refractivity contribution in [3.63, 3.8) is 0 Å². The van der Waals surface area contributed by atoms with E-state index in [0.717, 1.165) is 29.4 Å². The first kappa shape index (κ1) is 13.8. The van der Waals surface area contributed by atoms with Crippen LogP contribution in [0, 0.1) is 11.3 Å². The van der Waals surface area contributed by atoms with Gasteiger partial charge < -0.3 is 10.6 Å². The van der Waals surface area contributed by atoms with E-state index in [9.17, 15) is 5.26 Å². The standard InChI is InChI=1S/C17H20N4/c1-19-13-6-8-14(9-7-13)21-17-12(10-18)11-20-16-5-3-2-4-15(16)17/h2-5,11,13-14,19H,6-9H2,1H3,(H,20,21). The van der Waals surface area contributed by atoms with Gasteiger partial charge in [0.1, 0.15) is 6.07 Å². The smallest absolute Gasteiger partial charge is 0.103 e. The van der Waals surface area contributed by atoms with E-state index in [2.05, 4.69) is 21.7 Å². The lowest BCUT2D eigenvalue weighted by Crippen LogP contribution is -2.35. The van der Waals surface area contributed by atoms with Crippen molar-refractivity contribution < 1.29 is 0 Å². The molecule has 108 valence electrons. The Morgan fingerprint density at radius 1 is 1.14 bits per heavy atom. The molecular weight excluding hydrogens is 260 g/mol. The third-order valence-electron chi connectivity index (χ3n) is 4.38. The van der Waals surface area contributed by atoms with Crippen LogP contribution in [0.3, 0.4) is 0 Å². The summed E-state index contributed by atoms with van der Waals surface area (Å²) < 4.78 is 0. The molecule has 0 radical (unpaired) electrons. The fourth-order valence-electron chi connectivity index (χ4n) is 3.11. The summed E-state index contributed by atoms with van der Waals surface area (Å²) in [5.41, 5.74) is 2.50. The average Bonchev–Trinajstić information content (AvgIpc) is 2.56. The molecule has 1 heterocycles. The van der Waals surface area contributed by atoms with Gasteiger partial charge in [-0.15, -0.1) is 0 Å². The fourth-order valence-corrected chi connectivity index (χ4v) is 3.11. The van der Waals surface area contributed by atoms with E-state index in [-0.39, 0.29) is 0 Å². The molecule has 0 aliphatic heterocycles. The molecule has 0 amide bonds. The number of para-hydroxylation sites is 1. The van der Waals surface area contributed by atoms with E-state index in [1.807, 2.05) is 31.3 Å². The zero-order valence-corrected chi connectivity index (χ0v) is 12.3. The Kier molecular flexibility index (Phi) is 4.03. The molecular formula is C17H20N4. The molecule has 0 atom stereocenters. The number of anilines is 1. The number of pyridine rings is 1. The van der Waals surface area contributed by atoms with Crippen LogP contribution in [0.25, 0.3) is 10.9 Å². The maximum absolute atomic E-state index is 9.35. The predicted molar refractivity (Wildman–Crippen MR) is 85.2 cm³/mol. The van der Waals surface area contributed by atoms with Crippen LogP contribution in [-0.4, -0.2) is 24.1 Å². The van der Waals surface area contributed by atoms with Gasteiger partial charge in [-0.3, -0.25) is 4.98 Å². The summed E-state index contributed by atoms with van der Waals surface area (Å²) in [5.74, 6) is 0. The summed E-state index contributed by atoms with van der Waals surface area (Å²) in [6.07, 6.45) is 6.29. The molecule has 0 spiro atoms. The van der Waals surface area contributed by atoms with Gasteiger partial charge in [-0.05, 0) is 38.8 Å². The number of nitrogens with one attached hydrogen (secondary N) is 2. The summed E-state index contributed by atoms with van der Waals surface area (Å²) >= 11 is 0. The molecule has 1 aromatic carbocycles. The van der Waals surface area contributed by atoms with Crippen molar-refractivity contribution in [2.75, 3.05) is 12.4 Å². The molecule has 1 aliphatic rings. The molecule has 4 heteroatoms. The normalized spacial score (nSPS) is 21.9. The van der Waals surface area contributed by atoms with Gasteiger partial charge in [-0.1, -0.05) is 18.2 Å². The SMILES string of the molecule is CNC1CCC(Nc2c(C#N)cnc3ccccc23)CC1. The van der Waals surface area contributed by atoms with E-state index in [1.54, 1.807) is 6.20 Å². The van der Waals surface area contributed by atoms with Crippen molar-refractivity contribution >= 4 is 16.6 Å². The van der Waals surface area contributed by atoms with E-state index in [1.165, 1.54) is 12.8 Å². The molecule has 0 unspecified atom stereocenters. The lowest BCUT2D eigenvalue weighted by atomic mass is 9.91. The average molecular weight is 280 g/mol. The zero-order valence-electron chi connectivity index (χ0n) is 12.3. The minimum Gasteiger partial charge on any atom is -0.381 e. The summed E-state index contributed by atoms with van der Waals surface area (Å²) in [4.78, 5) is 4.36. The third-order valence-corrected chi connectivity index (χ3v) is 4.38. The Morgan fingerprint density at radius 3 is 2.57 bits per heavy atom. The quantitative estimate of drug-likeness (QED) is 0.907. The van der Waals surface area contributed by atoms with Gasteiger partial charge in [-0.25, -0.2) is 0 Å². The zero-order chi connectivity index (χ0) is 14.7. The van der Waals surface area contributed by atoms with Crippen LogP contribution >= 0.6 is 0 Å². The van der Waals surface area contributed by atoms with Crippen molar-refractivity contribution in [1.29, 1.82) is 5.26 Å². The minimum absolute atomic E-state index is 0.438. The molecule has 1 aliphatic carbocycles. The van der Waals surface area contributed by atoms with Crippen LogP contribution in [0.2, 0.25) is 0 Å². The molecule has 0 saturated heterocycles. The first-order chi connectivity index (χ1) is 10.3. The summed E-state index contributed by atoms with van der Waals surface area (Å²) in [5, 5.41) is 17.3. The van der Waals surface area contributed by atoms with E-state index in [0.29, 0.717) is 17.6 Å². The van der Waals surface area contributed by atoms with Gasteiger partial charge in [-0.2, -0.15) is 5.26 Å². The van der Waals surface area contributed by atoms with Crippen molar-refractivity contribution in [2.45, 2.75) is 37.8 Å². The largest absolute Gasteiger partial charge is 0.381 e. The molecule has 21 heavy (non-hydrogen) atoms. The first-order valence-corrected chi connectivity index (χ1v) is 7.53. The van der Waals surface area contributed by atoms with Crippen molar-refractivity contribution in [1.82, 2.24) is 10.3 Å². The Morgan fingerprint density at radius 2 is 1.86 bits per heavy atom. The number of nitrogens with zero attached hydrogens (tertiary/aromatic N) is 2. The Labute approximate surface area is 125 Å². The summed E-state index contributed by atoms with van der Waals surface area (Å²) in [7, 11) is 2.03. The van der Waals surface area contributed by atoms with Crippen LogP contribution in [0.1, 0.15) is 31.2 Å². The van der Waals surface area contributed by atoms with Crippen molar-refractivity contribution in [2.24, 2.45) is 0 Å². The summed E-state index contributed by atoms with van der Waals surface area (Å²) in [6, 6.07) is 11.3. The van der Waals surface area contributed by atoms with E-state index < -0.39 is 0 Å². The highest BCUT2D eigenvalue weighted by Crippen LogP contribution is 2.29. The second-order valence-electron chi connectivity index (χ2n) is 5.66. The maximum Gasteiger partial charge on any atom is 0.103 e. The van der Waals surface area contributed by atoms with Crippen LogP contribution in [0.4, 0.5) is 5.69 Å². The lowest BCUT2D eigenvalue weighted by Gasteiger charge is -2.30. The third kappa shape index (κ3) is 2.84. The number of aromatic nitrogens is 1. The Bertz CT molecular complexity index is 666. The molecule has 1 saturated carbocycles. The van der Waals surface area contributed by atoms with E-state index >= 15 is 0 Å². The second-order valence-corrected chi connectivity index (χ2v) is 5.66. The molecule has 1 fully saturated rings. The van der Waals surface area contributed by atoms with Gasteiger partial charge in [0.25, 0.3) is 0 Å². The Balaban J connectivity index is 1.88. The van der Waals surface area contributed by atoms with Crippen LogP contribution in [0.5, 0.6) is 0 Å². The lowest BCUT2D eigenvalue weighted by molar-refractivity contribution is 0.371. The van der Waals surface area contributed by atoms with Crippen LogP contribution < -0.4 is 10.6 Å².